The van der Waals surface area contributed by atoms with Crippen molar-refractivity contribution < 1.29 is 14.3 Å². The lowest BCUT2D eigenvalue weighted by molar-refractivity contribution is -0.162. The minimum atomic E-state index is -0.752. The van der Waals surface area contributed by atoms with Gasteiger partial charge in [0.05, 0.1) is 0 Å². The van der Waals surface area contributed by atoms with Gasteiger partial charge in [-0.15, -0.1) is 0 Å². The molecule has 4 heteroatoms. The number of cyclic esters (lactones) is 1. The van der Waals surface area contributed by atoms with Crippen LogP contribution >= 0.6 is 11.8 Å². The molecule has 1 heterocycles. The van der Waals surface area contributed by atoms with Crippen LogP contribution in [0.5, 0.6) is 0 Å². The number of carbonyl (C=O) groups is 2. The van der Waals surface area contributed by atoms with Crippen LogP contribution in [0.4, 0.5) is 0 Å². The molecule has 1 aliphatic rings. The Morgan fingerprint density at radius 1 is 1.23 bits per heavy atom. The summed E-state index contributed by atoms with van der Waals surface area (Å²) in [5.74, 6) is -0.0609. The standard InChI is InChI=1S/C18H24O3S/c1-10-6-11(2)16(12(3)7-10)17-14(19)8-15(21-18(17)20)13(4)9-22-5/h6-7,13,15,17H,8-9H2,1-5H3. The molecular formula is C18H24O3S. The molecule has 1 aromatic carbocycles. The van der Waals surface area contributed by atoms with Gasteiger partial charge in [0.15, 0.2) is 5.78 Å². The van der Waals surface area contributed by atoms with Crippen LogP contribution in [-0.4, -0.2) is 29.9 Å². The third-order valence-corrected chi connectivity index (χ3v) is 5.18. The summed E-state index contributed by atoms with van der Waals surface area (Å²) < 4.78 is 5.61. The number of rotatable bonds is 4. The Balaban J connectivity index is 2.28. The summed E-state index contributed by atoms with van der Waals surface area (Å²) in [5, 5.41) is 0. The molecule has 0 spiro atoms. The fourth-order valence-electron chi connectivity index (χ4n) is 3.32. The molecule has 0 amide bonds. The zero-order chi connectivity index (χ0) is 16.4. The lowest BCUT2D eigenvalue weighted by atomic mass is 9.82. The normalized spacial score (nSPS) is 23.3. The third-order valence-electron chi connectivity index (χ3n) is 4.32. The number of hydrogen-bond acceptors (Lipinski definition) is 4. The Hall–Kier alpha value is -1.29. The maximum atomic E-state index is 12.6. The number of aryl methyl sites for hydroxylation is 3. The van der Waals surface area contributed by atoms with Gasteiger partial charge in [-0.3, -0.25) is 9.59 Å². The van der Waals surface area contributed by atoms with E-state index in [9.17, 15) is 9.59 Å². The van der Waals surface area contributed by atoms with E-state index in [-0.39, 0.29) is 23.8 Å². The van der Waals surface area contributed by atoms with Crippen molar-refractivity contribution in [1.82, 2.24) is 0 Å². The molecule has 120 valence electrons. The molecule has 1 saturated heterocycles. The van der Waals surface area contributed by atoms with Crippen LogP contribution in [0.2, 0.25) is 0 Å². The van der Waals surface area contributed by atoms with Crippen LogP contribution in [-0.2, 0) is 14.3 Å². The number of benzene rings is 1. The molecule has 1 aliphatic heterocycles. The van der Waals surface area contributed by atoms with E-state index in [0.717, 1.165) is 28.0 Å². The first kappa shape index (κ1) is 17.1. The predicted octanol–water partition coefficient (Wildman–Crippen LogP) is 3.58. The zero-order valence-corrected chi connectivity index (χ0v) is 14.8. The van der Waals surface area contributed by atoms with Crippen molar-refractivity contribution in [3.8, 4) is 0 Å². The van der Waals surface area contributed by atoms with Gasteiger partial charge in [-0.05, 0) is 49.5 Å². The molecular weight excluding hydrogens is 296 g/mol. The average Bonchev–Trinajstić information content (AvgIpc) is 2.40. The third kappa shape index (κ3) is 3.37. The van der Waals surface area contributed by atoms with Crippen LogP contribution in [0.25, 0.3) is 0 Å². The van der Waals surface area contributed by atoms with E-state index in [1.54, 1.807) is 11.8 Å². The Morgan fingerprint density at radius 3 is 2.32 bits per heavy atom. The number of ether oxygens (including phenoxy) is 1. The smallest absolute Gasteiger partial charge is 0.321 e. The number of ketones is 1. The van der Waals surface area contributed by atoms with Gasteiger partial charge in [-0.25, -0.2) is 0 Å². The molecule has 0 bridgehead atoms. The van der Waals surface area contributed by atoms with E-state index in [1.807, 2.05) is 46.1 Å². The number of esters is 1. The largest absolute Gasteiger partial charge is 0.461 e. The maximum Gasteiger partial charge on any atom is 0.321 e. The Bertz CT molecular complexity index is 553. The molecule has 1 fully saturated rings. The molecule has 22 heavy (non-hydrogen) atoms. The van der Waals surface area contributed by atoms with Crippen molar-refractivity contribution in [3.63, 3.8) is 0 Å². The fraction of sp³-hybridized carbons (Fsp3) is 0.556. The Labute approximate surface area is 136 Å². The fourth-order valence-corrected chi connectivity index (χ4v) is 4.06. The van der Waals surface area contributed by atoms with E-state index in [1.165, 1.54) is 0 Å². The molecule has 3 atom stereocenters. The SMILES string of the molecule is CSCC(C)C1CC(=O)C(c2c(C)cc(C)cc2C)C(=O)O1. The summed E-state index contributed by atoms with van der Waals surface area (Å²) in [6.45, 7) is 7.96. The van der Waals surface area contributed by atoms with Crippen molar-refractivity contribution in [3.05, 3.63) is 34.4 Å². The van der Waals surface area contributed by atoms with Gasteiger partial charge in [0, 0.05) is 12.3 Å². The second-order valence-corrected chi connectivity index (χ2v) is 7.23. The number of thioether (sulfide) groups is 1. The van der Waals surface area contributed by atoms with Crippen molar-refractivity contribution in [2.45, 2.75) is 46.1 Å². The molecule has 0 aliphatic carbocycles. The summed E-state index contributed by atoms with van der Waals surface area (Å²) in [5.41, 5.74) is 3.95. The summed E-state index contributed by atoms with van der Waals surface area (Å²) in [6, 6.07) is 4.04. The van der Waals surface area contributed by atoms with Crippen LogP contribution in [0.1, 0.15) is 41.5 Å². The van der Waals surface area contributed by atoms with Crippen LogP contribution < -0.4 is 0 Å². The predicted molar refractivity (Wildman–Crippen MR) is 90.4 cm³/mol. The molecule has 0 saturated carbocycles. The first-order valence-corrected chi connectivity index (χ1v) is 9.04. The first-order chi connectivity index (χ1) is 10.3. The quantitative estimate of drug-likeness (QED) is 0.628. The molecule has 3 unspecified atom stereocenters. The summed E-state index contributed by atoms with van der Waals surface area (Å²) in [7, 11) is 0. The summed E-state index contributed by atoms with van der Waals surface area (Å²) in [4.78, 5) is 25.1. The summed E-state index contributed by atoms with van der Waals surface area (Å²) >= 11 is 1.71. The van der Waals surface area contributed by atoms with Gasteiger partial charge in [0.25, 0.3) is 0 Å². The molecule has 2 rings (SSSR count). The second kappa shape index (κ2) is 6.86. The van der Waals surface area contributed by atoms with Crippen molar-refractivity contribution in [2.75, 3.05) is 12.0 Å². The lowest BCUT2D eigenvalue weighted by Gasteiger charge is -2.32. The molecule has 0 radical (unpaired) electrons. The minimum absolute atomic E-state index is 0.00995. The molecule has 0 aromatic heterocycles. The highest BCUT2D eigenvalue weighted by Gasteiger charge is 2.41. The van der Waals surface area contributed by atoms with Gasteiger partial charge in [-0.2, -0.15) is 11.8 Å². The van der Waals surface area contributed by atoms with Crippen LogP contribution in [0, 0.1) is 26.7 Å². The van der Waals surface area contributed by atoms with Crippen LogP contribution in [0.15, 0.2) is 12.1 Å². The monoisotopic (exact) mass is 320 g/mol. The maximum absolute atomic E-state index is 12.6. The lowest BCUT2D eigenvalue weighted by Crippen LogP contribution is -2.41. The van der Waals surface area contributed by atoms with E-state index >= 15 is 0 Å². The topological polar surface area (TPSA) is 43.4 Å². The highest BCUT2D eigenvalue weighted by Crippen LogP contribution is 2.34. The van der Waals surface area contributed by atoms with Gasteiger partial charge < -0.3 is 4.74 Å². The first-order valence-electron chi connectivity index (χ1n) is 7.65. The van der Waals surface area contributed by atoms with E-state index in [2.05, 4.69) is 0 Å². The van der Waals surface area contributed by atoms with E-state index in [4.69, 9.17) is 4.74 Å². The molecule has 3 nitrogen and oxygen atoms in total. The van der Waals surface area contributed by atoms with Crippen molar-refractivity contribution >= 4 is 23.5 Å². The van der Waals surface area contributed by atoms with Gasteiger partial charge >= 0.3 is 5.97 Å². The van der Waals surface area contributed by atoms with Crippen molar-refractivity contribution in [2.24, 2.45) is 5.92 Å². The van der Waals surface area contributed by atoms with Gasteiger partial charge in [0.2, 0.25) is 0 Å². The number of carbonyl (C=O) groups excluding carboxylic acids is 2. The highest BCUT2D eigenvalue weighted by atomic mass is 32.2. The highest BCUT2D eigenvalue weighted by molar-refractivity contribution is 7.98. The van der Waals surface area contributed by atoms with E-state index in [0.29, 0.717) is 6.42 Å². The van der Waals surface area contributed by atoms with Crippen LogP contribution in [0.3, 0.4) is 0 Å². The average molecular weight is 320 g/mol. The summed E-state index contributed by atoms with van der Waals surface area (Å²) in [6.07, 6.45) is 2.06. The van der Waals surface area contributed by atoms with E-state index < -0.39 is 5.92 Å². The molecule has 0 N–H and O–H groups in total. The second-order valence-electron chi connectivity index (χ2n) is 6.32. The van der Waals surface area contributed by atoms with Gasteiger partial charge in [-0.1, -0.05) is 24.6 Å². The zero-order valence-electron chi connectivity index (χ0n) is 13.9. The Kier molecular flexibility index (Phi) is 5.32. The van der Waals surface area contributed by atoms with Gasteiger partial charge in [0.1, 0.15) is 12.0 Å². The number of hydrogen-bond donors (Lipinski definition) is 0. The van der Waals surface area contributed by atoms with Crippen molar-refractivity contribution in [1.29, 1.82) is 0 Å². The Morgan fingerprint density at radius 2 is 1.82 bits per heavy atom. The molecule has 1 aromatic rings. The number of Topliss-reactive ketones (excluding diaryl/α,β-unsaturated/α-hetero) is 1. The minimum Gasteiger partial charge on any atom is -0.461 e.